The Morgan fingerprint density at radius 2 is 2.33 bits per heavy atom. The largest absolute Gasteiger partial charge is 0.399 e. The van der Waals surface area contributed by atoms with Crippen LogP contribution >= 0.6 is 0 Å². The monoisotopic (exact) mass is 204 g/mol. The highest BCUT2D eigenvalue weighted by Crippen LogP contribution is 2.32. The van der Waals surface area contributed by atoms with Crippen molar-refractivity contribution in [1.29, 1.82) is 0 Å². The van der Waals surface area contributed by atoms with E-state index in [9.17, 15) is 0 Å². The van der Waals surface area contributed by atoms with E-state index in [1.54, 1.807) is 0 Å². The van der Waals surface area contributed by atoms with Crippen LogP contribution in [0.2, 0.25) is 0 Å². The Morgan fingerprint density at radius 3 is 3.07 bits per heavy atom. The van der Waals surface area contributed by atoms with E-state index in [1.807, 2.05) is 6.07 Å². The molecule has 3 N–H and O–H groups in total. The fraction of sp³-hybridized carbons (Fsp3) is 0.538. The van der Waals surface area contributed by atoms with E-state index in [0.717, 1.165) is 12.1 Å². The van der Waals surface area contributed by atoms with E-state index < -0.39 is 0 Å². The first-order valence-corrected chi connectivity index (χ1v) is 5.85. The van der Waals surface area contributed by atoms with Gasteiger partial charge in [0.2, 0.25) is 0 Å². The minimum atomic E-state index is 0.538. The highest BCUT2D eigenvalue weighted by molar-refractivity contribution is 5.47. The maximum absolute atomic E-state index is 5.78. The van der Waals surface area contributed by atoms with Crippen LogP contribution in [-0.4, -0.2) is 6.04 Å². The summed E-state index contributed by atoms with van der Waals surface area (Å²) in [5, 5.41) is 3.66. The molecular formula is C13H20N2. The lowest BCUT2D eigenvalue weighted by atomic mass is 10.1. The number of anilines is 1. The van der Waals surface area contributed by atoms with Crippen molar-refractivity contribution in [1.82, 2.24) is 5.32 Å². The molecule has 0 radical (unpaired) electrons. The number of fused-ring (bicyclic) bond motifs is 1. The first-order chi connectivity index (χ1) is 7.20. The van der Waals surface area contributed by atoms with Crippen LogP contribution in [0.4, 0.5) is 5.69 Å². The van der Waals surface area contributed by atoms with E-state index in [1.165, 1.54) is 24.0 Å². The summed E-state index contributed by atoms with van der Waals surface area (Å²) in [7, 11) is 0. The van der Waals surface area contributed by atoms with Gasteiger partial charge in [-0.25, -0.2) is 0 Å². The average Bonchev–Trinajstić information content (AvgIpc) is 2.60. The quantitative estimate of drug-likeness (QED) is 0.743. The van der Waals surface area contributed by atoms with Gasteiger partial charge in [-0.2, -0.15) is 0 Å². The lowest BCUT2D eigenvalue weighted by Crippen LogP contribution is -2.28. The summed E-state index contributed by atoms with van der Waals surface area (Å²) in [4.78, 5) is 0. The highest BCUT2D eigenvalue weighted by Gasteiger charge is 2.22. The second kappa shape index (κ2) is 4.23. The molecule has 0 bridgehead atoms. The number of rotatable bonds is 3. The minimum Gasteiger partial charge on any atom is -0.399 e. The molecular weight excluding hydrogens is 184 g/mol. The molecule has 1 aromatic carbocycles. The molecule has 0 fully saturated rings. The van der Waals surface area contributed by atoms with E-state index in [4.69, 9.17) is 5.73 Å². The standard InChI is InChI=1S/C13H20N2/c1-3-9(2)15-13-7-4-10-8-11(14)5-6-12(10)13/h5-6,8-9,13,15H,3-4,7,14H2,1-2H3. The fourth-order valence-corrected chi connectivity index (χ4v) is 2.27. The smallest absolute Gasteiger partial charge is 0.0328 e. The zero-order chi connectivity index (χ0) is 10.8. The Balaban J connectivity index is 2.14. The first kappa shape index (κ1) is 10.5. The molecule has 2 nitrogen and oxygen atoms in total. The van der Waals surface area contributed by atoms with E-state index in [0.29, 0.717) is 12.1 Å². The van der Waals surface area contributed by atoms with E-state index in [-0.39, 0.29) is 0 Å². The summed E-state index contributed by atoms with van der Waals surface area (Å²) >= 11 is 0. The van der Waals surface area contributed by atoms with Gasteiger partial charge in [-0.1, -0.05) is 13.0 Å². The number of hydrogen-bond donors (Lipinski definition) is 2. The van der Waals surface area contributed by atoms with E-state index in [2.05, 4.69) is 31.3 Å². The topological polar surface area (TPSA) is 38.0 Å². The molecule has 2 unspecified atom stereocenters. The van der Waals surface area contributed by atoms with Gasteiger partial charge in [0.25, 0.3) is 0 Å². The van der Waals surface area contributed by atoms with Crippen LogP contribution in [0.5, 0.6) is 0 Å². The molecule has 2 rings (SSSR count). The van der Waals surface area contributed by atoms with Gasteiger partial charge in [-0.05, 0) is 49.4 Å². The molecule has 0 amide bonds. The van der Waals surface area contributed by atoms with Crippen LogP contribution in [0.1, 0.15) is 43.9 Å². The predicted octanol–water partition coefficient (Wildman–Crippen LogP) is 2.64. The lowest BCUT2D eigenvalue weighted by Gasteiger charge is -2.19. The summed E-state index contributed by atoms with van der Waals surface area (Å²) in [6.07, 6.45) is 3.55. The van der Waals surface area contributed by atoms with Gasteiger partial charge in [0.15, 0.2) is 0 Å². The van der Waals surface area contributed by atoms with Crippen molar-refractivity contribution in [2.45, 2.75) is 45.2 Å². The Hall–Kier alpha value is -1.02. The third-order valence-electron chi connectivity index (χ3n) is 3.34. The maximum atomic E-state index is 5.78. The highest BCUT2D eigenvalue weighted by atomic mass is 14.9. The van der Waals surface area contributed by atoms with Crippen molar-refractivity contribution in [3.05, 3.63) is 29.3 Å². The Bertz CT molecular complexity index is 346. The fourth-order valence-electron chi connectivity index (χ4n) is 2.27. The van der Waals surface area contributed by atoms with Crippen molar-refractivity contribution >= 4 is 5.69 Å². The third-order valence-corrected chi connectivity index (χ3v) is 3.34. The lowest BCUT2D eigenvalue weighted by molar-refractivity contribution is 0.445. The van der Waals surface area contributed by atoms with Crippen LogP contribution in [0, 0.1) is 0 Å². The molecule has 1 aliphatic carbocycles. The predicted molar refractivity (Wildman–Crippen MR) is 64.8 cm³/mol. The third kappa shape index (κ3) is 2.15. The molecule has 0 saturated carbocycles. The van der Waals surface area contributed by atoms with Crippen LogP contribution in [0.25, 0.3) is 0 Å². The van der Waals surface area contributed by atoms with Gasteiger partial charge in [-0.3, -0.25) is 0 Å². The van der Waals surface area contributed by atoms with Crippen molar-refractivity contribution in [3.63, 3.8) is 0 Å². The van der Waals surface area contributed by atoms with Crippen LogP contribution in [0.15, 0.2) is 18.2 Å². The second-order valence-electron chi connectivity index (χ2n) is 4.53. The van der Waals surface area contributed by atoms with Crippen molar-refractivity contribution in [3.8, 4) is 0 Å². The summed E-state index contributed by atoms with van der Waals surface area (Å²) in [5.74, 6) is 0. The Kier molecular flexibility index (Phi) is 2.96. The summed E-state index contributed by atoms with van der Waals surface area (Å²) in [5.41, 5.74) is 9.55. The molecule has 1 aliphatic rings. The number of nitrogen functional groups attached to an aromatic ring is 1. The Morgan fingerprint density at radius 1 is 1.53 bits per heavy atom. The SMILES string of the molecule is CCC(C)NC1CCc2cc(N)ccc21. The number of nitrogens with two attached hydrogens (primary N) is 1. The second-order valence-corrected chi connectivity index (χ2v) is 4.53. The minimum absolute atomic E-state index is 0.538. The number of nitrogens with one attached hydrogen (secondary N) is 1. The van der Waals surface area contributed by atoms with E-state index >= 15 is 0 Å². The molecule has 0 aliphatic heterocycles. The van der Waals surface area contributed by atoms with Crippen LogP contribution in [0.3, 0.4) is 0 Å². The summed E-state index contributed by atoms with van der Waals surface area (Å²) in [6, 6.07) is 7.44. The van der Waals surface area contributed by atoms with Gasteiger partial charge in [0.05, 0.1) is 0 Å². The number of aryl methyl sites for hydroxylation is 1. The molecule has 0 saturated heterocycles. The number of benzene rings is 1. The molecule has 0 spiro atoms. The van der Waals surface area contributed by atoms with Crippen molar-refractivity contribution in [2.75, 3.05) is 5.73 Å². The van der Waals surface area contributed by atoms with Gasteiger partial charge in [0, 0.05) is 17.8 Å². The van der Waals surface area contributed by atoms with Crippen LogP contribution < -0.4 is 11.1 Å². The average molecular weight is 204 g/mol. The number of hydrogen-bond acceptors (Lipinski definition) is 2. The van der Waals surface area contributed by atoms with Gasteiger partial charge >= 0.3 is 0 Å². The zero-order valence-electron chi connectivity index (χ0n) is 9.59. The zero-order valence-corrected chi connectivity index (χ0v) is 9.59. The Labute approximate surface area is 91.9 Å². The molecule has 2 atom stereocenters. The first-order valence-electron chi connectivity index (χ1n) is 5.85. The molecule has 15 heavy (non-hydrogen) atoms. The summed E-state index contributed by atoms with van der Waals surface area (Å²) < 4.78 is 0. The maximum Gasteiger partial charge on any atom is 0.0328 e. The molecule has 0 aromatic heterocycles. The molecule has 82 valence electrons. The van der Waals surface area contributed by atoms with Crippen LogP contribution in [-0.2, 0) is 6.42 Å². The van der Waals surface area contributed by atoms with Crippen molar-refractivity contribution in [2.24, 2.45) is 0 Å². The van der Waals surface area contributed by atoms with Gasteiger partial charge in [0.1, 0.15) is 0 Å². The van der Waals surface area contributed by atoms with Gasteiger partial charge in [-0.15, -0.1) is 0 Å². The van der Waals surface area contributed by atoms with Gasteiger partial charge < -0.3 is 11.1 Å². The molecule has 0 heterocycles. The summed E-state index contributed by atoms with van der Waals surface area (Å²) in [6.45, 7) is 4.46. The molecule has 1 aromatic rings. The van der Waals surface area contributed by atoms with Crippen molar-refractivity contribution < 1.29 is 0 Å². The molecule has 2 heteroatoms. The normalized spacial score (nSPS) is 21.3.